The Morgan fingerprint density at radius 3 is 1.77 bits per heavy atom. The first-order valence-electron chi connectivity index (χ1n) is 13.9. The number of ether oxygens (including phenoxy) is 2. The van der Waals surface area contributed by atoms with Crippen LogP contribution in [0.15, 0.2) is 72.8 Å². The van der Waals surface area contributed by atoms with E-state index in [1.807, 2.05) is 6.92 Å². The molecule has 242 valence electrons. The molecule has 0 saturated heterocycles. The molecule has 0 unspecified atom stereocenters. The van der Waals surface area contributed by atoms with Gasteiger partial charge in [-0.05, 0) is 83.3 Å². The number of rotatable bonds is 9. The molecule has 0 N–H and O–H groups in total. The van der Waals surface area contributed by atoms with Gasteiger partial charge in [-0.1, -0.05) is 37.1 Å². The summed E-state index contributed by atoms with van der Waals surface area (Å²) >= 11 is 6.28. The minimum absolute atomic E-state index is 0.0672. The molecule has 0 bridgehead atoms. The fourth-order valence-electron chi connectivity index (χ4n) is 5.01. The van der Waals surface area contributed by atoms with Gasteiger partial charge in [0.1, 0.15) is 40.4 Å². The Kier molecular flexibility index (Phi) is 9.85. The molecule has 0 saturated carbocycles. The number of aryl methyl sites for hydroxylation is 1. The third kappa shape index (κ3) is 6.95. The van der Waals surface area contributed by atoms with Gasteiger partial charge in [-0.3, -0.25) is 0 Å². The molecule has 5 rings (SSSR count). The van der Waals surface area contributed by atoms with E-state index in [9.17, 15) is 26.7 Å². The van der Waals surface area contributed by atoms with Crippen molar-refractivity contribution in [1.29, 1.82) is 0 Å². The monoisotopic (exact) mass is 676 g/mol. The van der Waals surface area contributed by atoms with E-state index in [1.165, 1.54) is 18.2 Å². The first-order chi connectivity index (χ1) is 22.4. The molecule has 3 nitrogen and oxygen atoms in total. The lowest BCUT2D eigenvalue weighted by Gasteiger charge is -2.13. The highest BCUT2D eigenvalue weighted by Gasteiger charge is 2.24. The van der Waals surface area contributed by atoms with E-state index in [0.717, 1.165) is 30.2 Å². The molecule has 47 heavy (non-hydrogen) atoms. The van der Waals surface area contributed by atoms with Gasteiger partial charge in [0.2, 0.25) is 6.86 Å². The van der Waals surface area contributed by atoms with E-state index >= 15 is 13.2 Å². The average Bonchev–Trinajstić information content (AvgIpc) is 2.98. The van der Waals surface area contributed by atoms with Crippen LogP contribution in [0.25, 0.3) is 33.4 Å². The van der Waals surface area contributed by atoms with Gasteiger partial charge in [-0.15, -0.1) is 0 Å². The molecule has 0 heterocycles. The molecule has 0 spiro atoms. The van der Waals surface area contributed by atoms with Crippen LogP contribution in [0.1, 0.15) is 29.3 Å². The van der Waals surface area contributed by atoms with Gasteiger partial charge in [0.15, 0.2) is 17.4 Å². The molecule has 0 aliphatic carbocycles. The van der Waals surface area contributed by atoms with Gasteiger partial charge in [0.25, 0.3) is 0 Å². The number of hydrogen-bond acceptors (Lipinski definition) is 3. The fraction of sp³-hybridized carbons (Fsp3) is 0.114. The number of carbonyl (C=O) groups is 1. The van der Waals surface area contributed by atoms with E-state index in [0.29, 0.717) is 36.8 Å². The number of carbonyl (C=O) groups excluding carboxylic acids is 1. The fourth-order valence-corrected chi connectivity index (χ4v) is 5.33. The number of esters is 1. The quantitative estimate of drug-likeness (QED) is 0.0885. The molecule has 12 heteroatoms. The van der Waals surface area contributed by atoms with E-state index in [-0.39, 0.29) is 32.8 Å². The summed E-state index contributed by atoms with van der Waals surface area (Å²) in [6.07, 6.45) is 1.45. The largest absolute Gasteiger partial charge is 0.457 e. The standard InChI is InChI=1S/C35H21ClF8O3/c1-2-3-17-4-6-22(25(38)8-17)18-9-24(36)32(27(40)10-18)20-13-28(41)33(29(42)14-20)35(45)47-21-5-7-23(26(39)15-21)19-11-30(43)34(46-16-37)31(44)12-19/h4-15H,2-3,16H2,1H3. The second-order valence-corrected chi connectivity index (χ2v) is 10.7. The van der Waals surface area contributed by atoms with Gasteiger partial charge >= 0.3 is 5.97 Å². The summed E-state index contributed by atoms with van der Waals surface area (Å²) < 4.78 is 125. The third-order valence-electron chi connectivity index (χ3n) is 7.12. The van der Waals surface area contributed by atoms with Crippen LogP contribution in [-0.4, -0.2) is 12.8 Å². The summed E-state index contributed by atoms with van der Waals surface area (Å²) in [5, 5.41) is -0.286. The maximum atomic E-state index is 15.3. The number of benzene rings is 5. The SMILES string of the molecule is CCCc1ccc(-c2cc(F)c(-c3cc(F)c(C(=O)Oc4ccc(-c5cc(F)c(OCF)c(F)c5)c(F)c4)c(F)c3)c(Cl)c2)c(F)c1. The smallest absolute Gasteiger partial charge is 0.349 e. The summed E-state index contributed by atoms with van der Waals surface area (Å²) in [7, 11) is 0. The molecule has 0 radical (unpaired) electrons. The van der Waals surface area contributed by atoms with E-state index < -0.39 is 76.2 Å². The molecule has 0 aromatic heterocycles. The second kappa shape index (κ2) is 13.8. The molecule has 0 amide bonds. The molecule has 0 aliphatic heterocycles. The molecule has 0 atom stereocenters. The third-order valence-corrected chi connectivity index (χ3v) is 7.42. The van der Waals surface area contributed by atoms with Crippen molar-refractivity contribution >= 4 is 17.6 Å². The van der Waals surface area contributed by atoms with Crippen LogP contribution in [0.5, 0.6) is 11.5 Å². The average molecular weight is 677 g/mol. The molecule has 0 aliphatic rings. The molecular weight excluding hydrogens is 656 g/mol. The highest BCUT2D eigenvalue weighted by atomic mass is 35.5. The van der Waals surface area contributed by atoms with E-state index in [4.69, 9.17) is 16.3 Å². The van der Waals surface area contributed by atoms with Gasteiger partial charge in [-0.25, -0.2) is 39.9 Å². The Bertz CT molecular complexity index is 1950. The zero-order valence-corrected chi connectivity index (χ0v) is 24.9. The van der Waals surface area contributed by atoms with Crippen LogP contribution in [0, 0.1) is 40.7 Å². The summed E-state index contributed by atoms with van der Waals surface area (Å²) in [6.45, 7) is 0.438. The zero-order chi connectivity index (χ0) is 34.0. The Labute approximate surface area is 268 Å². The second-order valence-electron chi connectivity index (χ2n) is 10.2. The molecule has 5 aromatic carbocycles. The van der Waals surface area contributed by atoms with Crippen LogP contribution < -0.4 is 9.47 Å². The lowest BCUT2D eigenvalue weighted by Crippen LogP contribution is -2.13. The van der Waals surface area contributed by atoms with Crippen molar-refractivity contribution in [3.8, 4) is 44.9 Å². The number of hydrogen-bond donors (Lipinski definition) is 0. The lowest BCUT2D eigenvalue weighted by molar-refractivity contribution is 0.0724. The highest BCUT2D eigenvalue weighted by Crippen LogP contribution is 2.38. The van der Waals surface area contributed by atoms with E-state index in [2.05, 4.69) is 4.74 Å². The van der Waals surface area contributed by atoms with Crippen molar-refractivity contribution in [2.45, 2.75) is 19.8 Å². The molecule has 0 fully saturated rings. The van der Waals surface area contributed by atoms with Crippen molar-refractivity contribution in [3.63, 3.8) is 0 Å². The molecule has 5 aromatic rings. The van der Waals surface area contributed by atoms with Crippen molar-refractivity contribution in [3.05, 3.63) is 130 Å². The minimum Gasteiger partial charge on any atom is -0.457 e. The van der Waals surface area contributed by atoms with Crippen molar-refractivity contribution < 1.29 is 49.4 Å². The number of alkyl halides is 1. The lowest BCUT2D eigenvalue weighted by atomic mass is 9.97. The van der Waals surface area contributed by atoms with E-state index in [1.54, 1.807) is 6.07 Å². The maximum Gasteiger partial charge on any atom is 0.349 e. The van der Waals surface area contributed by atoms with Gasteiger partial charge in [-0.2, -0.15) is 0 Å². The van der Waals surface area contributed by atoms with Gasteiger partial charge in [0, 0.05) is 22.8 Å². The predicted molar refractivity (Wildman–Crippen MR) is 159 cm³/mol. The van der Waals surface area contributed by atoms with Gasteiger partial charge in [0.05, 0.1) is 5.02 Å². The summed E-state index contributed by atoms with van der Waals surface area (Å²) in [5.41, 5.74) is -1.71. The first kappa shape index (κ1) is 33.5. The first-order valence-corrected chi connectivity index (χ1v) is 14.3. The van der Waals surface area contributed by atoms with Crippen molar-refractivity contribution in [1.82, 2.24) is 0 Å². The Hall–Kier alpha value is -4.90. The summed E-state index contributed by atoms with van der Waals surface area (Å²) in [5.74, 6) is -11.4. The van der Waals surface area contributed by atoms with Crippen LogP contribution >= 0.6 is 11.6 Å². The van der Waals surface area contributed by atoms with Gasteiger partial charge < -0.3 is 9.47 Å². The topological polar surface area (TPSA) is 35.5 Å². The Balaban J connectivity index is 1.39. The summed E-state index contributed by atoms with van der Waals surface area (Å²) in [4.78, 5) is 12.7. The predicted octanol–water partition coefficient (Wildman–Crippen LogP) is 10.8. The Morgan fingerprint density at radius 1 is 0.660 bits per heavy atom. The van der Waals surface area contributed by atoms with Crippen molar-refractivity contribution in [2.75, 3.05) is 6.86 Å². The number of halogens is 9. The summed E-state index contributed by atoms with van der Waals surface area (Å²) in [6, 6.07) is 12.0. The molecular formula is C35H21ClF8O3. The highest BCUT2D eigenvalue weighted by molar-refractivity contribution is 6.33. The zero-order valence-electron chi connectivity index (χ0n) is 24.2. The van der Waals surface area contributed by atoms with Crippen LogP contribution in [0.2, 0.25) is 5.02 Å². The normalized spacial score (nSPS) is 11.1. The van der Waals surface area contributed by atoms with Crippen molar-refractivity contribution in [2.24, 2.45) is 0 Å². The van der Waals surface area contributed by atoms with Crippen LogP contribution in [0.3, 0.4) is 0 Å². The van der Waals surface area contributed by atoms with Crippen LogP contribution in [-0.2, 0) is 6.42 Å². The maximum absolute atomic E-state index is 15.3. The Morgan fingerprint density at radius 2 is 1.21 bits per heavy atom. The van der Waals surface area contributed by atoms with Crippen LogP contribution in [0.4, 0.5) is 35.1 Å². The minimum atomic E-state index is -1.58.